The molecule has 2 aromatic heterocycles. The van der Waals surface area contributed by atoms with Crippen LogP contribution >= 0.6 is 0 Å². The number of fused-ring (bicyclic) bond motifs is 1. The lowest BCUT2D eigenvalue weighted by Gasteiger charge is -2.25. The largest absolute Gasteiger partial charge is 0.355 e. The van der Waals surface area contributed by atoms with Gasteiger partial charge >= 0.3 is 0 Å². The van der Waals surface area contributed by atoms with Gasteiger partial charge in [-0.15, -0.1) is 0 Å². The first kappa shape index (κ1) is 15.9. The summed E-state index contributed by atoms with van der Waals surface area (Å²) < 4.78 is 0. The van der Waals surface area contributed by atoms with Crippen molar-refractivity contribution in [1.82, 2.24) is 15.3 Å². The van der Waals surface area contributed by atoms with E-state index in [1.807, 2.05) is 31.3 Å². The number of hydrogen-bond donors (Lipinski definition) is 1. The van der Waals surface area contributed by atoms with Crippen molar-refractivity contribution in [3.05, 3.63) is 58.7 Å². The van der Waals surface area contributed by atoms with Crippen LogP contribution in [-0.2, 0) is 17.8 Å². The summed E-state index contributed by atoms with van der Waals surface area (Å²) in [4.78, 5) is 25.5. The maximum atomic E-state index is 12.1. The van der Waals surface area contributed by atoms with Crippen LogP contribution in [0.25, 0.3) is 0 Å². The molecule has 0 atom stereocenters. The van der Waals surface area contributed by atoms with Crippen LogP contribution in [0.4, 0.5) is 0 Å². The first-order chi connectivity index (χ1) is 12.2. The van der Waals surface area contributed by atoms with Crippen molar-refractivity contribution in [2.45, 2.75) is 39.2 Å². The molecule has 1 aliphatic heterocycles. The molecule has 0 aromatic carbocycles. The van der Waals surface area contributed by atoms with Gasteiger partial charge < -0.3 is 5.32 Å². The van der Waals surface area contributed by atoms with Gasteiger partial charge in [0.1, 0.15) is 0 Å². The summed E-state index contributed by atoms with van der Waals surface area (Å²) in [5.41, 5.74) is 6.02. The van der Waals surface area contributed by atoms with Crippen molar-refractivity contribution in [1.29, 1.82) is 0 Å². The molecule has 1 saturated carbocycles. The molecule has 1 amide bonds. The molecule has 4 rings (SSSR count). The zero-order valence-corrected chi connectivity index (χ0v) is 14.5. The van der Waals surface area contributed by atoms with Gasteiger partial charge in [0.2, 0.25) is 5.91 Å². The highest BCUT2D eigenvalue weighted by atomic mass is 16.1. The van der Waals surface area contributed by atoms with E-state index in [4.69, 9.17) is 0 Å². The van der Waals surface area contributed by atoms with Gasteiger partial charge in [-0.3, -0.25) is 19.8 Å². The monoisotopic (exact) mass is 334 g/mol. The molecule has 0 saturated heterocycles. The molecule has 1 aliphatic carbocycles. The summed E-state index contributed by atoms with van der Waals surface area (Å²) in [6.45, 7) is 3.42. The van der Waals surface area contributed by atoms with Gasteiger partial charge in [0.05, 0.1) is 24.4 Å². The summed E-state index contributed by atoms with van der Waals surface area (Å²) >= 11 is 0. The predicted octanol–water partition coefficient (Wildman–Crippen LogP) is 2.59. The van der Waals surface area contributed by atoms with Gasteiger partial charge in [-0.05, 0) is 49.4 Å². The quantitative estimate of drug-likeness (QED) is 0.914. The number of nitrogens with one attached hydrogen (secondary N) is 1. The van der Waals surface area contributed by atoms with Crippen molar-refractivity contribution in [2.75, 3.05) is 6.54 Å². The average Bonchev–Trinajstić information content (AvgIpc) is 2.96. The van der Waals surface area contributed by atoms with E-state index in [0.29, 0.717) is 18.9 Å². The Balaban J connectivity index is 1.44. The van der Waals surface area contributed by atoms with Crippen LogP contribution in [0.2, 0.25) is 0 Å². The number of carbonyl (C=O) groups is 1. The number of aliphatic imine (C=N–C) groups is 1. The number of pyridine rings is 2. The molecule has 1 N–H and O–H groups in total. The van der Waals surface area contributed by atoms with Gasteiger partial charge in [0, 0.05) is 35.8 Å². The van der Waals surface area contributed by atoms with Crippen LogP contribution < -0.4 is 5.32 Å². The summed E-state index contributed by atoms with van der Waals surface area (Å²) in [5.74, 6) is 0.736. The zero-order chi connectivity index (χ0) is 17.2. The van der Waals surface area contributed by atoms with E-state index in [1.54, 1.807) is 6.20 Å². The lowest BCUT2D eigenvalue weighted by atomic mass is 9.85. The van der Waals surface area contributed by atoms with Crippen molar-refractivity contribution in [3.63, 3.8) is 0 Å². The molecule has 0 bridgehead atoms. The molecular formula is C20H22N4O. The predicted molar refractivity (Wildman–Crippen MR) is 96.6 cm³/mol. The Bertz CT molecular complexity index is 839. The second-order valence-corrected chi connectivity index (χ2v) is 6.96. The molecule has 1 fully saturated rings. The van der Waals surface area contributed by atoms with Crippen LogP contribution in [0.3, 0.4) is 0 Å². The zero-order valence-electron chi connectivity index (χ0n) is 14.5. The maximum Gasteiger partial charge on any atom is 0.226 e. The summed E-state index contributed by atoms with van der Waals surface area (Å²) in [6, 6.07) is 6.03. The molecule has 2 aliphatic rings. The second-order valence-electron chi connectivity index (χ2n) is 6.96. The number of aryl methyl sites for hydroxylation is 1. The smallest absolute Gasteiger partial charge is 0.226 e. The minimum Gasteiger partial charge on any atom is -0.355 e. The molecule has 0 spiro atoms. The third-order valence-electron chi connectivity index (χ3n) is 5.03. The van der Waals surface area contributed by atoms with Gasteiger partial charge in [-0.2, -0.15) is 0 Å². The van der Waals surface area contributed by atoms with Crippen LogP contribution in [0, 0.1) is 12.8 Å². The standard InChI is InChI=1S/C20H22N4O/c1-13-7-15(5-6-21-13)20-18-12-22-17(8-16(18)11-24-20)9-19(25)23-10-14-3-2-4-14/h5-8,12,14H,2-4,9-11H2,1H3,(H,23,25). The van der Waals surface area contributed by atoms with E-state index in [2.05, 4.69) is 20.3 Å². The highest BCUT2D eigenvalue weighted by Crippen LogP contribution is 2.25. The van der Waals surface area contributed by atoms with Crippen molar-refractivity contribution < 1.29 is 4.79 Å². The fraction of sp³-hybridized carbons (Fsp3) is 0.400. The molecule has 25 heavy (non-hydrogen) atoms. The Morgan fingerprint density at radius 1 is 1.28 bits per heavy atom. The molecule has 5 heteroatoms. The Morgan fingerprint density at radius 2 is 2.16 bits per heavy atom. The molecule has 5 nitrogen and oxygen atoms in total. The molecule has 2 aromatic rings. The molecule has 128 valence electrons. The van der Waals surface area contributed by atoms with Crippen LogP contribution in [0.1, 0.15) is 47.3 Å². The first-order valence-corrected chi connectivity index (χ1v) is 8.91. The summed E-state index contributed by atoms with van der Waals surface area (Å²) in [7, 11) is 0. The second kappa shape index (κ2) is 6.75. The van der Waals surface area contributed by atoms with Crippen molar-refractivity contribution in [2.24, 2.45) is 10.9 Å². The van der Waals surface area contributed by atoms with Gasteiger partial charge in [0.25, 0.3) is 0 Å². The van der Waals surface area contributed by atoms with Crippen molar-refractivity contribution >= 4 is 11.6 Å². The van der Waals surface area contributed by atoms with Gasteiger partial charge in [0.15, 0.2) is 0 Å². The SMILES string of the molecule is Cc1cc(C2=NCc3cc(CC(=O)NCC4CCC4)ncc32)ccn1. The van der Waals surface area contributed by atoms with Crippen LogP contribution in [-0.4, -0.2) is 28.1 Å². The first-order valence-electron chi connectivity index (χ1n) is 8.91. The van der Waals surface area contributed by atoms with Gasteiger partial charge in [-0.1, -0.05) is 6.42 Å². The Morgan fingerprint density at radius 3 is 2.92 bits per heavy atom. The number of aromatic nitrogens is 2. The van der Waals surface area contributed by atoms with E-state index in [0.717, 1.165) is 40.3 Å². The molecular weight excluding hydrogens is 312 g/mol. The Hall–Kier alpha value is -2.56. The van der Waals surface area contributed by atoms with Crippen LogP contribution in [0.5, 0.6) is 0 Å². The third kappa shape index (κ3) is 3.45. The topological polar surface area (TPSA) is 67.2 Å². The van der Waals surface area contributed by atoms with E-state index < -0.39 is 0 Å². The van der Waals surface area contributed by atoms with E-state index >= 15 is 0 Å². The van der Waals surface area contributed by atoms with E-state index in [-0.39, 0.29) is 5.91 Å². The lowest BCUT2D eigenvalue weighted by Crippen LogP contribution is -2.33. The normalized spacial score (nSPS) is 16.1. The number of rotatable bonds is 5. The third-order valence-corrected chi connectivity index (χ3v) is 5.03. The Labute approximate surface area is 147 Å². The minimum atomic E-state index is 0.0586. The fourth-order valence-electron chi connectivity index (χ4n) is 3.36. The van der Waals surface area contributed by atoms with E-state index in [1.165, 1.54) is 19.3 Å². The average molecular weight is 334 g/mol. The highest BCUT2D eigenvalue weighted by molar-refractivity contribution is 6.15. The number of carbonyl (C=O) groups excluding carboxylic acids is 1. The fourth-order valence-corrected chi connectivity index (χ4v) is 3.36. The Kier molecular flexibility index (Phi) is 4.30. The number of amides is 1. The lowest BCUT2D eigenvalue weighted by molar-refractivity contribution is -0.120. The molecule has 0 unspecified atom stereocenters. The minimum absolute atomic E-state index is 0.0586. The summed E-state index contributed by atoms with van der Waals surface area (Å²) in [5, 5.41) is 3.03. The molecule has 0 radical (unpaired) electrons. The van der Waals surface area contributed by atoms with Gasteiger partial charge in [-0.25, -0.2) is 0 Å². The number of nitrogens with zero attached hydrogens (tertiary/aromatic N) is 3. The van der Waals surface area contributed by atoms with E-state index in [9.17, 15) is 4.79 Å². The molecule has 3 heterocycles. The van der Waals surface area contributed by atoms with Crippen LogP contribution in [0.15, 0.2) is 35.6 Å². The number of hydrogen-bond acceptors (Lipinski definition) is 4. The maximum absolute atomic E-state index is 12.1. The van der Waals surface area contributed by atoms with Crippen molar-refractivity contribution in [3.8, 4) is 0 Å². The highest BCUT2D eigenvalue weighted by Gasteiger charge is 2.20. The summed E-state index contributed by atoms with van der Waals surface area (Å²) in [6.07, 6.45) is 7.78.